The van der Waals surface area contributed by atoms with Crippen LogP contribution in [0.25, 0.3) is 0 Å². The van der Waals surface area contributed by atoms with Gasteiger partial charge in [-0.15, -0.1) is 11.3 Å². The Kier molecular flexibility index (Phi) is 4.92. The number of nitro groups is 1. The predicted octanol–water partition coefficient (Wildman–Crippen LogP) is 3.95. The van der Waals surface area contributed by atoms with Crippen molar-refractivity contribution in [2.45, 2.75) is 25.7 Å². The van der Waals surface area contributed by atoms with Crippen LogP contribution in [0.2, 0.25) is 5.02 Å². The molecule has 1 aliphatic carbocycles. The molecule has 0 saturated heterocycles. The Labute approximate surface area is 147 Å². The van der Waals surface area contributed by atoms with Gasteiger partial charge in [0, 0.05) is 21.9 Å². The van der Waals surface area contributed by atoms with Crippen molar-refractivity contribution < 1.29 is 9.72 Å². The van der Waals surface area contributed by atoms with E-state index in [9.17, 15) is 14.9 Å². The number of hydrazone groups is 1. The first-order valence-electron chi connectivity index (χ1n) is 7.43. The highest BCUT2D eigenvalue weighted by Crippen LogP contribution is 2.30. The smallest absolute Gasteiger partial charge is 0.267 e. The van der Waals surface area contributed by atoms with Gasteiger partial charge in [-0.2, -0.15) is 5.10 Å². The van der Waals surface area contributed by atoms with Crippen molar-refractivity contribution in [3.8, 4) is 0 Å². The number of hydrogen-bond donors (Lipinski definition) is 1. The molecule has 0 aliphatic heterocycles. The van der Waals surface area contributed by atoms with Gasteiger partial charge in [-0.1, -0.05) is 17.7 Å². The lowest BCUT2D eigenvalue weighted by Gasteiger charge is -2.11. The van der Waals surface area contributed by atoms with Crippen LogP contribution in [0.1, 0.15) is 39.2 Å². The molecule has 24 heavy (non-hydrogen) atoms. The Bertz CT molecular complexity index is 832. The van der Waals surface area contributed by atoms with Crippen molar-refractivity contribution in [2.75, 3.05) is 0 Å². The molecule has 124 valence electrons. The van der Waals surface area contributed by atoms with E-state index in [0.29, 0.717) is 11.1 Å². The number of hydrogen-bond acceptors (Lipinski definition) is 5. The van der Waals surface area contributed by atoms with Crippen LogP contribution in [-0.2, 0) is 12.8 Å². The van der Waals surface area contributed by atoms with Crippen LogP contribution in [0.4, 0.5) is 5.69 Å². The number of nitro benzene ring substituents is 1. The summed E-state index contributed by atoms with van der Waals surface area (Å²) in [7, 11) is 0. The average Bonchev–Trinajstić information content (AvgIpc) is 3.00. The van der Waals surface area contributed by atoms with E-state index >= 15 is 0 Å². The molecule has 1 N–H and O–H groups in total. The van der Waals surface area contributed by atoms with Crippen molar-refractivity contribution in [2.24, 2.45) is 5.10 Å². The SMILES string of the molecule is O=C(N/N=C\c1ccc(Cl)c([N+](=O)[O-])c1)c1csc2c1CCCC2. The number of amides is 1. The van der Waals surface area contributed by atoms with Gasteiger partial charge in [0.25, 0.3) is 11.6 Å². The van der Waals surface area contributed by atoms with E-state index in [1.165, 1.54) is 29.6 Å². The van der Waals surface area contributed by atoms with Gasteiger partial charge in [0.2, 0.25) is 0 Å². The summed E-state index contributed by atoms with van der Waals surface area (Å²) in [5, 5.41) is 16.7. The highest BCUT2D eigenvalue weighted by molar-refractivity contribution is 7.10. The molecule has 1 aromatic carbocycles. The van der Waals surface area contributed by atoms with Crippen molar-refractivity contribution in [3.63, 3.8) is 0 Å². The first-order chi connectivity index (χ1) is 11.6. The molecule has 1 aromatic heterocycles. The van der Waals surface area contributed by atoms with Crippen LogP contribution in [0.5, 0.6) is 0 Å². The number of carbonyl (C=O) groups is 1. The highest BCUT2D eigenvalue weighted by Gasteiger charge is 2.19. The Hall–Kier alpha value is -2.25. The maximum Gasteiger partial charge on any atom is 0.288 e. The lowest BCUT2D eigenvalue weighted by Crippen LogP contribution is -2.19. The summed E-state index contributed by atoms with van der Waals surface area (Å²) in [6, 6.07) is 4.33. The van der Waals surface area contributed by atoms with E-state index in [1.807, 2.05) is 5.38 Å². The van der Waals surface area contributed by atoms with Crippen molar-refractivity contribution in [1.29, 1.82) is 0 Å². The number of carbonyl (C=O) groups excluding carboxylic acids is 1. The minimum atomic E-state index is -0.560. The number of aryl methyl sites for hydroxylation is 1. The molecule has 6 nitrogen and oxygen atoms in total. The Morgan fingerprint density at radius 2 is 2.17 bits per heavy atom. The van der Waals surface area contributed by atoms with Gasteiger partial charge in [-0.05, 0) is 37.3 Å². The molecule has 2 aromatic rings. The largest absolute Gasteiger partial charge is 0.288 e. The standard InChI is InChI=1S/C16H14ClN3O3S/c17-13-6-5-10(7-14(13)20(22)23)8-18-19-16(21)12-9-24-15-4-2-1-3-11(12)15/h5-9H,1-4H2,(H,19,21)/b18-8-. The summed E-state index contributed by atoms with van der Waals surface area (Å²) in [6.45, 7) is 0. The molecule has 0 radical (unpaired) electrons. The molecule has 0 unspecified atom stereocenters. The van der Waals surface area contributed by atoms with Gasteiger partial charge in [0.1, 0.15) is 5.02 Å². The van der Waals surface area contributed by atoms with Crippen molar-refractivity contribution >= 4 is 40.7 Å². The molecule has 1 heterocycles. The van der Waals surface area contributed by atoms with Crippen LogP contribution < -0.4 is 5.43 Å². The first kappa shape index (κ1) is 16.6. The number of thiophene rings is 1. The molecule has 1 amide bonds. The predicted molar refractivity (Wildman–Crippen MR) is 94.1 cm³/mol. The monoisotopic (exact) mass is 363 g/mol. The van der Waals surface area contributed by atoms with Gasteiger partial charge in [-0.25, -0.2) is 5.43 Å². The van der Waals surface area contributed by atoms with Crippen molar-refractivity contribution in [1.82, 2.24) is 5.43 Å². The Morgan fingerprint density at radius 1 is 1.38 bits per heavy atom. The van der Waals surface area contributed by atoms with Gasteiger partial charge in [-0.3, -0.25) is 14.9 Å². The van der Waals surface area contributed by atoms with Gasteiger partial charge >= 0.3 is 0 Å². The normalized spacial score (nSPS) is 13.7. The molecular formula is C16H14ClN3O3S. The second-order valence-corrected chi connectivity index (χ2v) is 6.80. The molecule has 0 fully saturated rings. The maximum atomic E-state index is 12.2. The third-order valence-electron chi connectivity index (χ3n) is 3.85. The fraction of sp³-hybridized carbons (Fsp3) is 0.250. The fourth-order valence-corrected chi connectivity index (χ4v) is 3.97. The number of nitrogens with one attached hydrogen (secondary N) is 1. The quantitative estimate of drug-likeness (QED) is 0.507. The zero-order chi connectivity index (χ0) is 17.1. The lowest BCUT2D eigenvalue weighted by molar-refractivity contribution is -0.384. The number of benzene rings is 1. The third-order valence-corrected chi connectivity index (χ3v) is 5.26. The lowest BCUT2D eigenvalue weighted by atomic mass is 9.96. The summed E-state index contributed by atoms with van der Waals surface area (Å²) in [4.78, 5) is 23.8. The number of halogens is 1. The molecule has 3 rings (SSSR count). The van der Waals surface area contributed by atoms with E-state index in [0.717, 1.165) is 24.8 Å². The van der Waals surface area contributed by atoms with Crippen LogP contribution in [-0.4, -0.2) is 17.0 Å². The number of rotatable bonds is 4. The van der Waals surface area contributed by atoms with Gasteiger partial charge < -0.3 is 0 Å². The van der Waals surface area contributed by atoms with E-state index in [4.69, 9.17) is 11.6 Å². The average molecular weight is 364 g/mol. The van der Waals surface area contributed by atoms with E-state index in [-0.39, 0.29) is 16.6 Å². The molecule has 0 saturated carbocycles. The van der Waals surface area contributed by atoms with E-state index in [1.54, 1.807) is 17.4 Å². The second-order valence-electron chi connectivity index (χ2n) is 5.43. The van der Waals surface area contributed by atoms with E-state index in [2.05, 4.69) is 10.5 Å². The molecular weight excluding hydrogens is 350 g/mol. The molecule has 8 heteroatoms. The second kappa shape index (κ2) is 7.11. The summed E-state index contributed by atoms with van der Waals surface area (Å²) in [6.07, 6.45) is 5.59. The highest BCUT2D eigenvalue weighted by atomic mass is 35.5. The number of fused-ring (bicyclic) bond motifs is 1. The summed E-state index contributed by atoms with van der Waals surface area (Å²) in [5.74, 6) is -0.255. The minimum absolute atomic E-state index is 0.0612. The van der Waals surface area contributed by atoms with Crippen LogP contribution in [0.3, 0.4) is 0 Å². The maximum absolute atomic E-state index is 12.2. The van der Waals surface area contributed by atoms with Crippen LogP contribution in [0, 0.1) is 10.1 Å². The summed E-state index contributed by atoms with van der Waals surface area (Å²) < 4.78 is 0. The van der Waals surface area contributed by atoms with Gasteiger partial charge in [0.05, 0.1) is 16.7 Å². The third kappa shape index (κ3) is 3.47. The number of nitrogens with zero attached hydrogens (tertiary/aromatic N) is 2. The first-order valence-corrected chi connectivity index (χ1v) is 8.68. The molecule has 1 aliphatic rings. The zero-order valence-corrected chi connectivity index (χ0v) is 14.2. The Morgan fingerprint density at radius 3 is 2.96 bits per heavy atom. The van der Waals surface area contributed by atoms with Crippen LogP contribution >= 0.6 is 22.9 Å². The molecule has 0 atom stereocenters. The van der Waals surface area contributed by atoms with E-state index < -0.39 is 4.92 Å². The topological polar surface area (TPSA) is 84.6 Å². The van der Waals surface area contributed by atoms with Crippen LogP contribution in [0.15, 0.2) is 28.7 Å². The molecule has 0 bridgehead atoms. The molecule has 0 spiro atoms. The van der Waals surface area contributed by atoms with Gasteiger partial charge in [0.15, 0.2) is 0 Å². The minimum Gasteiger partial charge on any atom is -0.267 e. The fourth-order valence-electron chi connectivity index (χ4n) is 2.66. The summed E-state index contributed by atoms with van der Waals surface area (Å²) in [5.41, 5.74) is 4.57. The Balaban J connectivity index is 1.70. The summed E-state index contributed by atoms with van der Waals surface area (Å²) >= 11 is 7.37. The van der Waals surface area contributed by atoms with Crippen molar-refractivity contribution in [3.05, 3.63) is 60.3 Å². The zero-order valence-electron chi connectivity index (χ0n) is 12.6.